The minimum atomic E-state index is -0.918. The van der Waals surface area contributed by atoms with E-state index in [0.717, 1.165) is 24.8 Å². The molecule has 1 aromatic carbocycles. The standard InChI is InChI=1S/C22H29NO3/c1-3-4-6-17(2)7-5-8-20-13-14-21(24)23(20)16-15-18-9-11-19(12-10-18)22(25)26/h5,7-12,20H,3-4,6,13-16H2,1-2H3,(H,25,26)/b8-5-,17-7+. The van der Waals surface area contributed by atoms with Gasteiger partial charge in [-0.2, -0.15) is 0 Å². The monoisotopic (exact) mass is 355 g/mol. The number of unbranched alkanes of at least 4 members (excludes halogenated alkanes) is 1. The van der Waals surface area contributed by atoms with E-state index in [4.69, 9.17) is 5.11 Å². The van der Waals surface area contributed by atoms with Crippen molar-refractivity contribution in [2.45, 2.75) is 58.4 Å². The molecule has 0 saturated carbocycles. The van der Waals surface area contributed by atoms with Crippen LogP contribution in [0.4, 0.5) is 0 Å². The lowest BCUT2D eigenvalue weighted by Crippen LogP contribution is -2.33. The van der Waals surface area contributed by atoms with Gasteiger partial charge in [0.25, 0.3) is 0 Å². The van der Waals surface area contributed by atoms with Crippen molar-refractivity contribution in [3.8, 4) is 0 Å². The van der Waals surface area contributed by atoms with Gasteiger partial charge in [0.05, 0.1) is 11.6 Å². The molecule has 140 valence electrons. The van der Waals surface area contributed by atoms with Gasteiger partial charge in [0.1, 0.15) is 0 Å². The summed E-state index contributed by atoms with van der Waals surface area (Å²) in [5.41, 5.74) is 2.71. The van der Waals surface area contributed by atoms with Crippen LogP contribution in [0.3, 0.4) is 0 Å². The molecule has 1 aliphatic rings. The molecular weight excluding hydrogens is 326 g/mol. The number of carboxylic acids is 1. The van der Waals surface area contributed by atoms with E-state index in [0.29, 0.717) is 13.0 Å². The van der Waals surface area contributed by atoms with Crippen LogP contribution in [0.5, 0.6) is 0 Å². The Morgan fingerprint density at radius 1 is 1.31 bits per heavy atom. The fourth-order valence-electron chi connectivity index (χ4n) is 3.20. The molecule has 1 unspecified atom stereocenters. The van der Waals surface area contributed by atoms with Crippen molar-refractivity contribution in [2.24, 2.45) is 0 Å². The van der Waals surface area contributed by atoms with Crippen LogP contribution in [0.15, 0.2) is 48.1 Å². The number of rotatable bonds is 9. The fraction of sp³-hybridized carbons (Fsp3) is 0.455. The molecular formula is C22H29NO3. The Morgan fingerprint density at radius 2 is 2.04 bits per heavy atom. The zero-order valence-electron chi connectivity index (χ0n) is 15.8. The van der Waals surface area contributed by atoms with Gasteiger partial charge in [0, 0.05) is 13.0 Å². The molecule has 0 spiro atoms. The van der Waals surface area contributed by atoms with Gasteiger partial charge in [-0.05, 0) is 50.3 Å². The molecule has 1 aromatic rings. The number of hydrogen-bond acceptors (Lipinski definition) is 2. The first kappa shape index (κ1) is 20.0. The van der Waals surface area contributed by atoms with Crippen LogP contribution in [0.25, 0.3) is 0 Å². The van der Waals surface area contributed by atoms with Crippen LogP contribution < -0.4 is 0 Å². The van der Waals surface area contributed by atoms with E-state index in [-0.39, 0.29) is 17.5 Å². The lowest BCUT2D eigenvalue weighted by atomic mass is 10.1. The summed E-state index contributed by atoms with van der Waals surface area (Å²) in [4.78, 5) is 25.0. The average Bonchev–Trinajstić information content (AvgIpc) is 2.98. The Balaban J connectivity index is 1.91. The minimum Gasteiger partial charge on any atom is -0.478 e. The van der Waals surface area contributed by atoms with E-state index < -0.39 is 5.97 Å². The first-order chi connectivity index (χ1) is 12.5. The van der Waals surface area contributed by atoms with Gasteiger partial charge in [0.2, 0.25) is 5.91 Å². The number of aromatic carboxylic acids is 1. The fourth-order valence-corrected chi connectivity index (χ4v) is 3.20. The molecule has 2 rings (SSSR count). The normalized spacial score (nSPS) is 18.1. The number of carbonyl (C=O) groups excluding carboxylic acids is 1. The first-order valence-electron chi connectivity index (χ1n) is 9.47. The third-order valence-electron chi connectivity index (χ3n) is 4.86. The zero-order valence-corrected chi connectivity index (χ0v) is 15.8. The lowest BCUT2D eigenvalue weighted by molar-refractivity contribution is -0.128. The summed E-state index contributed by atoms with van der Waals surface area (Å²) < 4.78 is 0. The van der Waals surface area contributed by atoms with Crippen molar-refractivity contribution in [1.82, 2.24) is 4.90 Å². The van der Waals surface area contributed by atoms with Crippen molar-refractivity contribution in [1.29, 1.82) is 0 Å². The Hall–Kier alpha value is -2.36. The number of hydrogen-bond donors (Lipinski definition) is 1. The van der Waals surface area contributed by atoms with Crippen LogP contribution >= 0.6 is 0 Å². The van der Waals surface area contributed by atoms with Crippen LogP contribution in [0, 0.1) is 0 Å². The molecule has 26 heavy (non-hydrogen) atoms. The third kappa shape index (κ3) is 5.87. The maximum absolute atomic E-state index is 12.2. The Bertz CT molecular complexity index is 673. The smallest absolute Gasteiger partial charge is 0.335 e. The van der Waals surface area contributed by atoms with Crippen LogP contribution in [-0.2, 0) is 11.2 Å². The molecule has 0 aliphatic carbocycles. The molecule has 4 heteroatoms. The van der Waals surface area contributed by atoms with Crippen molar-refractivity contribution in [2.75, 3.05) is 6.54 Å². The van der Waals surface area contributed by atoms with E-state index in [9.17, 15) is 9.59 Å². The number of nitrogens with zero attached hydrogens (tertiary/aromatic N) is 1. The summed E-state index contributed by atoms with van der Waals surface area (Å²) >= 11 is 0. The lowest BCUT2D eigenvalue weighted by Gasteiger charge is -2.22. The third-order valence-corrected chi connectivity index (χ3v) is 4.86. The second-order valence-corrected chi connectivity index (χ2v) is 6.95. The highest BCUT2D eigenvalue weighted by Crippen LogP contribution is 2.21. The SMILES string of the molecule is CCCC/C(C)=C/C=C\C1CCC(=O)N1CCc1ccc(C(=O)O)cc1. The summed E-state index contributed by atoms with van der Waals surface area (Å²) in [6, 6.07) is 7.05. The molecule has 0 bridgehead atoms. The molecule has 1 fully saturated rings. The summed E-state index contributed by atoms with van der Waals surface area (Å²) in [6.07, 6.45) is 12.1. The van der Waals surface area contributed by atoms with Gasteiger partial charge in [-0.15, -0.1) is 0 Å². The van der Waals surface area contributed by atoms with Gasteiger partial charge >= 0.3 is 5.97 Å². The van der Waals surface area contributed by atoms with Crippen LogP contribution in [0.2, 0.25) is 0 Å². The van der Waals surface area contributed by atoms with Gasteiger partial charge < -0.3 is 10.0 Å². The first-order valence-corrected chi connectivity index (χ1v) is 9.47. The maximum atomic E-state index is 12.2. The highest BCUT2D eigenvalue weighted by atomic mass is 16.4. The van der Waals surface area contributed by atoms with Crippen molar-refractivity contribution in [3.63, 3.8) is 0 Å². The van der Waals surface area contributed by atoms with Gasteiger partial charge in [-0.3, -0.25) is 4.79 Å². The van der Waals surface area contributed by atoms with Crippen LogP contribution in [-0.4, -0.2) is 34.5 Å². The summed E-state index contributed by atoms with van der Waals surface area (Å²) in [5.74, 6) is -0.716. The zero-order chi connectivity index (χ0) is 18.9. The van der Waals surface area contributed by atoms with Gasteiger partial charge in [-0.25, -0.2) is 4.79 Å². The largest absolute Gasteiger partial charge is 0.478 e. The number of likely N-dealkylation sites (tertiary alicyclic amines) is 1. The molecule has 1 heterocycles. The van der Waals surface area contributed by atoms with E-state index in [1.807, 2.05) is 17.0 Å². The molecule has 1 amide bonds. The number of benzene rings is 1. The second-order valence-electron chi connectivity index (χ2n) is 6.95. The van der Waals surface area contributed by atoms with E-state index in [1.54, 1.807) is 12.1 Å². The van der Waals surface area contributed by atoms with Crippen molar-refractivity contribution >= 4 is 11.9 Å². The van der Waals surface area contributed by atoms with E-state index in [2.05, 4.69) is 32.1 Å². The Labute approximate surface area is 156 Å². The Morgan fingerprint density at radius 3 is 2.69 bits per heavy atom. The molecule has 1 atom stereocenters. The molecule has 0 radical (unpaired) electrons. The van der Waals surface area contributed by atoms with E-state index in [1.165, 1.54) is 18.4 Å². The molecule has 1 saturated heterocycles. The Kier molecular flexibility index (Phi) is 7.64. The summed E-state index contributed by atoms with van der Waals surface area (Å²) in [5, 5.41) is 8.95. The number of carbonyl (C=O) groups is 2. The summed E-state index contributed by atoms with van der Waals surface area (Å²) in [7, 11) is 0. The summed E-state index contributed by atoms with van der Waals surface area (Å²) in [6.45, 7) is 5.01. The predicted octanol–water partition coefficient (Wildman–Crippen LogP) is 4.61. The topological polar surface area (TPSA) is 57.6 Å². The minimum absolute atomic E-state index is 0.163. The second kappa shape index (κ2) is 9.95. The number of amides is 1. The molecule has 1 N–H and O–H groups in total. The van der Waals surface area contributed by atoms with Crippen molar-refractivity contribution in [3.05, 3.63) is 59.2 Å². The number of carboxylic acid groups (broad SMARTS) is 1. The highest BCUT2D eigenvalue weighted by molar-refractivity contribution is 5.87. The highest BCUT2D eigenvalue weighted by Gasteiger charge is 2.28. The van der Waals surface area contributed by atoms with Crippen molar-refractivity contribution < 1.29 is 14.7 Å². The van der Waals surface area contributed by atoms with Gasteiger partial charge in [-0.1, -0.05) is 49.3 Å². The predicted molar refractivity (Wildman–Crippen MR) is 104 cm³/mol. The maximum Gasteiger partial charge on any atom is 0.335 e. The quantitative estimate of drug-likeness (QED) is 0.658. The van der Waals surface area contributed by atoms with Gasteiger partial charge in [0.15, 0.2) is 0 Å². The molecule has 4 nitrogen and oxygen atoms in total. The molecule has 1 aliphatic heterocycles. The molecule has 0 aromatic heterocycles. The average molecular weight is 355 g/mol. The van der Waals surface area contributed by atoms with E-state index >= 15 is 0 Å². The number of allylic oxidation sites excluding steroid dienone is 3. The van der Waals surface area contributed by atoms with Crippen LogP contribution in [0.1, 0.15) is 61.9 Å².